The quantitative estimate of drug-likeness (QED) is 0.921. The number of hydrogen-bond acceptors (Lipinski definition) is 4. The zero-order valence-corrected chi connectivity index (χ0v) is 13.7. The van der Waals surface area contributed by atoms with Gasteiger partial charge in [0.05, 0.1) is 25.0 Å². The molecule has 5 heteroatoms. The largest absolute Gasteiger partial charge is 0.394 e. The van der Waals surface area contributed by atoms with Gasteiger partial charge in [0.2, 0.25) is 0 Å². The van der Waals surface area contributed by atoms with Crippen LogP contribution in [0.5, 0.6) is 0 Å². The zero-order valence-electron chi connectivity index (χ0n) is 12.9. The Kier molecular flexibility index (Phi) is 4.03. The number of aliphatic hydroxyl groups excluding tert-OH is 1. The Bertz CT molecular complexity index is 642. The van der Waals surface area contributed by atoms with Crippen molar-refractivity contribution in [1.82, 2.24) is 14.7 Å². The standard InChI is InChI=1S/C17H23N3OS/c21-8-7-20-16-12-19(10-14(16)9-18-20)11-15-5-6-17(22-15)13-3-1-2-4-13/h5-6,9,13,21H,1-4,7-8,10-12H2. The average molecular weight is 317 g/mol. The van der Waals surface area contributed by atoms with E-state index >= 15 is 0 Å². The van der Waals surface area contributed by atoms with Crippen molar-refractivity contribution in [3.8, 4) is 0 Å². The molecule has 0 amide bonds. The second-order valence-electron chi connectivity index (χ2n) is 6.49. The van der Waals surface area contributed by atoms with E-state index in [0.717, 1.165) is 25.6 Å². The normalized spacial score (nSPS) is 19.1. The summed E-state index contributed by atoms with van der Waals surface area (Å²) in [5.74, 6) is 0.827. The summed E-state index contributed by atoms with van der Waals surface area (Å²) in [6.45, 7) is 3.73. The summed E-state index contributed by atoms with van der Waals surface area (Å²) < 4.78 is 1.95. The Morgan fingerprint density at radius 2 is 2.09 bits per heavy atom. The van der Waals surface area contributed by atoms with Gasteiger partial charge in [0, 0.05) is 35.0 Å². The molecular formula is C17H23N3OS. The molecule has 2 aromatic heterocycles. The molecule has 4 rings (SSSR count). The van der Waals surface area contributed by atoms with E-state index in [4.69, 9.17) is 5.11 Å². The lowest BCUT2D eigenvalue weighted by molar-refractivity contribution is 0.251. The van der Waals surface area contributed by atoms with Crippen molar-refractivity contribution in [3.05, 3.63) is 39.3 Å². The lowest BCUT2D eigenvalue weighted by Crippen LogP contribution is -2.17. The second-order valence-corrected chi connectivity index (χ2v) is 7.69. The van der Waals surface area contributed by atoms with Crippen molar-refractivity contribution < 1.29 is 5.11 Å². The molecule has 2 aliphatic rings. The van der Waals surface area contributed by atoms with E-state index in [1.807, 2.05) is 22.2 Å². The van der Waals surface area contributed by atoms with E-state index in [9.17, 15) is 0 Å². The smallest absolute Gasteiger partial charge is 0.0644 e. The Morgan fingerprint density at radius 1 is 1.23 bits per heavy atom. The van der Waals surface area contributed by atoms with Crippen molar-refractivity contribution in [2.24, 2.45) is 0 Å². The number of thiophene rings is 1. The number of aliphatic hydroxyl groups is 1. The van der Waals surface area contributed by atoms with Crippen LogP contribution in [0, 0.1) is 0 Å². The van der Waals surface area contributed by atoms with E-state index in [1.54, 1.807) is 4.88 Å². The highest BCUT2D eigenvalue weighted by atomic mass is 32.1. The minimum atomic E-state index is 0.157. The highest BCUT2D eigenvalue weighted by Crippen LogP contribution is 2.38. The van der Waals surface area contributed by atoms with E-state index in [0.29, 0.717) is 6.54 Å². The van der Waals surface area contributed by atoms with E-state index in [2.05, 4.69) is 22.1 Å². The van der Waals surface area contributed by atoms with Crippen molar-refractivity contribution in [2.45, 2.75) is 57.8 Å². The minimum absolute atomic E-state index is 0.157. The Morgan fingerprint density at radius 3 is 2.91 bits per heavy atom. The van der Waals surface area contributed by atoms with Crippen molar-refractivity contribution in [2.75, 3.05) is 6.61 Å². The summed E-state index contributed by atoms with van der Waals surface area (Å²) in [5.41, 5.74) is 2.60. The summed E-state index contributed by atoms with van der Waals surface area (Å²) in [6, 6.07) is 4.67. The SMILES string of the molecule is OCCn1ncc2c1CN(Cc1ccc(C3CCCC3)s1)C2. The number of rotatable bonds is 5. The fraction of sp³-hybridized carbons (Fsp3) is 0.588. The van der Waals surface area contributed by atoms with Crippen molar-refractivity contribution in [1.29, 1.82) is 0 Å². The van der Waals surface area contributed by atoms with Gasteiger partial charge in [-0.2, -0.15) is 5.10 Å². The lowest BCUT2D eigenvalue weighted by Gasteiger charge is -2.14. The van der Waals surface area contributed by atoms with Crippen LogP contribution in [-0.2, 0) is 26.2 Å². The van der Waals surface area contributed by atoms with E-state index < -0.39 is 0 Å². The van der Waals surface area contributed by atoms with Gasteiger partial charge in [0.1, 0.15) is 0 Å². The van der Waals surface area contributed by atoms with Gasteiger partial charge < -0.3 is 5.11 Å². The number of aromatic nitrogens is 2. The first kappa shape index (κ1) is 14.4. The van der Waals surface area contributed by atoms with Gasteiger partial charge in [-0.15, -0.1) is 11.3 Å². The number of fused-ring (bicyclic) bond motifs is 1. The fourth-order valence-corrected chi connectivity index (χ4v) is 5.03. The minimum Gasteiger partial charge on any atom is -0.394 e. The fourth-order valence-electron chi connectivity index (χ4n) is 3.80. The highest BCUT2D eigenvalue weighted by molar-refractivity contribution is 7.12. The van der Waals surface area contributed by atoms with Gasteiger partial charge in [-0.25, -0.2) is 0 Å². The van der Waals surface area contributed by atoms with Gasteiger partial charge in [-0.1, -0.05) is 12.8 Å². The molecule has 1 saturated carbocycles. The van der Waals surface area contributed by atoms with Crippen LogP contribution in [0.25, 0.3) is 0 Å². The topological polar surface area (TPSA) is 41.3 Å². The molecule has 1 aliphatic heterocycles. The maximum Gasteiger partial charge on any atom is 0.0644 e. The summed E-state index contributed by atoms with van der Waals surface area (Å²) in [4.78, 5) is 5.55. The van der Waals surface area contributed by atoms with Crippen LogP contribution in [0.1, 0.15) is 52.6 Å². The molecule has 4 nitrogen and oxygen atoms in total. The predicted molar refractivity (Wildman–Crippen MR) is 87.8 cm³/mol. The predicted octanol–water partition coefficient (Wildman–Crippen LogP) is 3.11. The highest BCUT2D eigenvalue weighted by Gasteiger charge is 2.24. The molecule has 0 saturated heterocycles. The maximum atomic E-state index is 9.10. The Balaban J connectivity index is 1.40. The molecule has 2 aromatic rings. The average Bonchev–Trinajstić information content (AvgIpc) is 3.24. The molecule has 3 heterocycles. The first-order valence-corrected chi connectivity index (χ1v) is 9.10. The zero-order chi connectivity index (χ0) is 14.9. The van der Waals surface area contributed by atoms with Gasteiger partial charge >= 0.3 is 0 Å². The molecule has 0 bridgehead atoms. The molecule has 118 valence electrons. The molecule has 0 radical (unpaired) electrons. The Hall–Kier alpha value is -1.17. The lowest BCUT2D eigenvalue weighted by atomic mass is 10.1. The molecule has 0 aromatic carbocycles. The third-order valence-corrected chi connectivity index (χ3v) is 6.17. The van der Waals surface area contributed by atoms with E-state index in [-0.39, 0.29) is 6.61 Å². The van der Waals surface area contributed by atoms with E-state index in [1.165, 1.54) is 41.8 Å². The maximum absolute atomic E-state index is 9.10. The molecule has 1 N–H and O–H groups in total. The second kappa shape index (κ2) is 6.14. The molecule has 0 atom stereocenters. The number of hydrogen-bond donors (Lipinski definition) is 1. The van der Waals surface area contributed by atoms with Crippen LogP contribution in [0.2, 0.25) is 0 Å². The molecule has 1 aliphatic carbocycles. The van der Waals surface area contributed by atoms with Crippen LogP contribution in [0.15, 0.2) is 18.3 Å². The first-order valence-electron chi connectivity index (χ1n) is 8.29. The van der Waals surface area contributed by atoms with Gasteiger partial charge in [0.25, 0.3) is 0 Å². The summed E-state index contributed by atoms with van der Waals surface area (Å²) >= 11 is 2.01. The van der Waals surface area contributed by atoms with Crippen LogP contribution in [0.4, 0.5) is 0 Å². The van der Waals surface area contributed by atoms with Crippen molar-refractivity contribution in [3.63, 3.8) is 0 Å². The number of nitrogens with zero attached hydrogens (tertiary/aromatic N) is 3. The Labute approximate surface area is 135 Å². The summed E-state index contributed by atoms with van der Waals surface area (Å²) in [7, 11) is 0. The molecule has 1 fully saturated rings. The third-order valence-electron chi connectivity index (χ3n) is 4.93. The van der Waals surface area contributed by atoms with Crippen LogP contribution < -0.4 is 0 Å². The first-order chi connectivity index (χ1) is 10.8. The van der Waals surface area contributed by atoms with Gasteiger partial charge in [0.15, 0.2) is 0 Å². The molecular weight excluding hydrogens is 294 g/mol. The molecule has 22 heavy (non-hydrogen) atoms. The summed E-state index contributed by atoms with van der Waals surface area (Å²) in [6.07, 6.45) is 7.53. The molecule has 0 spiro atoms. The van der Waals surface area contributed by atoms with Crippen LogP contribution in [-0.4, -0.2) is 26.4 Å². The van der Waals surface area contributed by atoms with Crippen molar-refractivity contribution >= 4 is 11.3 Å². The van der Waals surface area contributed by atoms with Crippen LogP contribution in [0.3, 0.4) is 0 Å². The summed E-state index contributed by atoms with van der Waals surface area (Å²) in [5, 5.41) is 13.5. The monoisotopic (exact) mass is 317 g/mol. The third kappa shape index (κ3) is 2.73. The van der Waals surface area contributed by atoms with Crippen LogP contribution >= 0.6 is 11.3 Å². The molecule has 0 unspecified atom stereocenters. The van der Waals surface area contributed by atoms with Gasteiger partial charge in [-0.3, -0.25) is 9.58 Å². The van der Waals surface area contributed by atoms with Gasteiger partial charge in [-0.05, 0) is 30.9 Å².